The van der Waals surface area contributed by atoms with Crippen molar-refractivity contribution in [3.05, 3.63) is 71.2 Å². The molecule has 11 heteroatoms. The summed E-state index contributed by atoms with van der Waals surface area (Å²) in [7, 11) is -3.69. The number of nitrogens with zero attached hydrogens (tertiary/aromatic N) is 2. The van der Waals surface area contributed by atoms with Crippen LogP contribution in [0.1, 0.15) is 5.56 Å². The number of amides is 1. The third-order valence-corrected chi connectivity index (χ3v) is 7.39. The maximum Gasteiger partial charge on any atom is 0.430 e. The van der Waals surface area contributed by atoms with Crippen molar-refractivity contribution in [2.45, 2.75) is 4.90 Å². The number of nitrogen functional groups attached to an aromatic ring is 1. The van der Waals surface area contributed by atoms with Gasteiger partial charge in [0.25, 0.3) is 0 Å². The highest BCUT2D eigenvalue weighted by molar-refractivity contribution is 7.89. The minimum absolute atomic E-state index is 0.0648. The Bertz CT molecular complexity index is 1310. The Morgan fingerprint density at radius 1 is 0.970 bits per heavy atom. The standard InChI is InChI=1S/C22H22ClN5O4S/c23-18-5-1-17-14-20(8-4-16(17)13-18)33(30,31)28-11-9-27(10-12-28)32-22(29)26-19-6-2-15(3-7-19)21(24)25/h1-8,13-14H,9-12H2,(H3,24,25)(H,26,29). The fourth-order valence-electron chi connectivity index (χ4n) is 3.50. The third-order valence-electron chi connectivity index (χ3n) is 5.26. The minimum Gasteiger partial charge on any atom is -0.384 e. The lowest BCUT2D eigenvalue weighted by Gasteiger charge is -2.32. The molecule has 0 atom stereocenters. The molecule has 1 amide bonds. The third kappa shape index (κ3) is 5.25. The predicted molar refractivity (Wildman–Crippen MR) is 127 cm³/mol. The molecule has 3 aromatic rings. The number of carbonyl (C=O) groups excluding carboxylic acids is 1. The zero-order chi connectivity index (χ0) is 23.6. The van der Waals surface area contributed by atoms with Crippen LogP contribution in [-0.2, 0) is 14.9 Å². The lowest BCUT2D eigenvalue weighted by atomic mass is 10.1. The van der Waals surface area contributed by atoms with Crippen LogP contribution in [0, 0.1) is 5.41 Å². The maximum absolute atomic E-state index is 13.1. The number of hydrogen-bond acceptors (Lipinski definition) is 6. The number of hydroxylamine groups is 2. The summed E-state index contributed by atoms with van der Waals surface area (Å²) in [5.74, 6) is -0.0648. The first-order chi connectivity index (χ1) is 15.7. The molecule has 0 spiro atoms. The van der Waals surface area contributed by atoms with E-state index in [2.05, 4.69) is 5.32 Å². The molecule has 0 aliphatic carbocycles. The molecule has 33 heavy (non-hydrogen) atoms. The number of piperazine rings is 1. The molecule has 0 bridgehead atoms. The summed E-state index contributed by atoms with van der Waals surface area (Å²) in [5, 5.41) is 13.6. The Morgan fingerprint density at radius 3 is 2.27 bits per heavy atom. The van der Waals surface area contributed by atoms with Gasteiger partial charge in [-0.25, -0.2) is 13.2 Å². The number of carbonyl (C=O) groups is 1. The van der Waals surface area contributed by atoms with E-state index >= 15 is 0 Å². The molecule has 0 saturated carbocycles. The number of anilines is 1. The van der Waals surface area contributed by atoms with E-state index < -0.39 is 16.1 Å². The Kier molecular flexibility index (Phi) is 6.52. The average molecular weight is 488 g/mol. The number of fused-ring (bicyclic) bond motifs is 1. The van der Waals surface area contributed by atoms with Gasteiger partial charge in [-0.1, -0.05) is 23.7 Å². The molecule has 172 valence electrons. The van der Waals surface area contributed by atoms with Crippen LogP contribution in [0.15, 0.2) is 65.6 Å². The molecule has 1 aliphatic rings. The lowest BCUT2D eigenvalue weighted by Crippen LogP contribution is -2.49. The summed E-state index contributed by atoms with van der Waals surface area (Å²) in [6.45, 7) is 0.835. The number of amidine groups is 1. The average Bonchev–Trinajstić information content (AvgIpc) is 2.79. The summed E-state index contributed by atoms with van der Waals surface area (Å²) >= 11 is 6.00. The molecule has 0 aromatic heterocycles. The summed E-state index contributed by atoms with van der Waals surface area (Å²) in [6.07, 6.45) is -0.685. The summed E-state index contributed by atoms with van der Waals surface area (Å²) in [4.78, 5) is 17.7. The van der Waals surface area contributed by atoms with Crippen molar-refractivity contribution < 1.29 is 18.0 Å². The van der Waals surface area contributed by atoms with E-state index in [0.717, 1.165) is 10.8 Å². The highest BCUT2D eigenvalue weighted by Gasteiger charge is 2.30. The van der Waals surface area contributed by atoms with E-state index in [-0.39, 0.29) is 36.9 Å². The zero-order valence-corrected chi connectivity index (χ0v) is 19.1. The van der Waals surface area contributed by atoms with E-state index in [1.165, 1.54) is 9.37 Å². The molecule has 3 aromatic carbocycles. The van der Waals surface area contributed by atoms with E-state index in [9.17, 15) is 13.2 Å². The molecule has 0 radical (unpaired) electrons. The van der Waals surface area contributed by atoms with Gasteiger partial charge in [0.05, 0.1) is 4.90 Å². The molecule has 1 aliphatic heterocycles. The Balaban J connectivity index is 1.34. The SMILES string of the molecule is N=C(N)c1ccc(NC(=O)ON2CCN(S(=O)(=O)c3ccc4cc(Cl)ccc4c3)CC2)cc1. The van der Waals surface area contributed by atoms with E-state index in [0.29, 0.717) is 16.3 Å². The molecular weight excluding hydrogens is 466 g/mol. The number of hydrogen-bond donors (Lipinski definition) is 3. The van der Waals surface area contributed by atoms with Crippen LogP contribution in [0.5, 0.6) is 0 Å². The fraction of sp³-hybridized carbons (Fsp3) is 0.182. The van der Waals surface area contributed by atoms with E-state index in [1.807, 2.05) is 0 Å². The van der Waals surface area contributed by atoms with Gasteiger partial charge in [-0.3, -0.25) is 10.7 Å². The van der Waals surface area contributed by atoms with Crippen molar-refractivity contribution in [3.63, 3.8) is 0 Å². The number of halogens is 1. The second-order valence-corrected chi connectivity index (χ2v) is 9.86. The lowest BCUT2D eigenvalue weighted by molar-refractivity contribution is -0.109. The van der Waals surface area contributed by atoms with Crippen LogP contribution in [0.2, 0.25) is 5.02 Å². The van der Waals surface area contributed by atoms with Crippen LogP contribution in [0.4, 0.5) is 10.5 Å². The number of rotatable bonds is 5. The second kappa shape index (κ2) is 9.36. The first-order valence-electron chi connectivity index (χ1n) is 10.1. The van der Waals surface area contributed by atoms with Crippen molar-refractivity contribution in [2.75, 3.05) is 31.5 Å². The van der Waals surface area contributed by atoms with Gasteiger partial charge < -0.3 is 10.6 Å². The van der Waals surface area contributed by atoms with Gasteiger partial charge in [0.1, 0.15) is 5.84 Å². The van der Waals surface area contributed by atoms with Gasteiger partial charge in [-0.15, -0.1) is 5.06 Å². The first kappa shape index (κ1) is 23.0. The van der Waals surface area contributed by atoms with Crippen molar-refractivity contribution in [2.24, 2.45) is 5.73 Å². The van der Waals surface area contributed by atoms with Gasteiger partial charge in [-0.05, 0) is 59.3 Å². The topological polar surface area (TPSA) is 129 Å². The first-order valence-corrected chi connectivity index (χ1v) is 11.9. The Hall–Kier alpha value is -3.18. The normalized spacial score (nSPS) is 15.3. The number of benzene rings is 3. The van der Waals surface area contributed by atoms with E-state index in [1.54, 1.807) is 60.7 Å². The highest BCUT2D eigenvalue weighted by atomic mass is 35.5. The van der Waals surface area contributed by atoms with Crippen molar-refractivity contribution in [1.29, 1.82) is 5.41 Å². The molecule has 9 nitrogen and oxygen atoms in total. The van der Waals surface area contributed by atoms with Gasteiger partial charge in [0.2, 0.25) is 10.0 Å². The molecule has 1 saturated heterocycles. The predicted octanol–water partition coefficient (Wildman–Crippen LogP) is 3.25. The van der Waals surface area contributed by atoms with Gasteiger partial charge >= 0.3 is 6.09 Å². The van der Waals surface area contributed by atoms with Crippen LogP contribution in [0.25, 0.3) is 10.8 Å². The summed E-state index contributed by atoms with van der Waals surface area (Å²) < 4.78 is 27.5. The molecule has 1 heterocycles. The summed E-state index contributed by atoms with van der Waals surface area (Å²) in [6, 6.07) is 16.7. The smallest absolute Gasteiger partial charge is 0.384 e. The van der Waals surface area contributed by atoms with E-state index in [4.69, 9.17) is 27.6 Å². The molecule has 4 N–H and O–H groups in total. The van der Waals surface area contributed by atoms with Crippen LogP contribution < -0.4 is 11.1 Å². The van der Waals surface area contributed by atoms with Gasteiger partial charge in [0.15, 0.2) is 0 Å². The fourth-order valence-corrected chi connectivity index (χ4v) is 5.14. The van der Waals surface area contributed by atoms with Gasteiger partial charge in [0, 0.05) is 42.5 Å². The minimum atomic E-state index is -3.69. The van der Waals surface area contributed by atoms with Crippen molar-refractivity contribution in [1.82, 2.24) is 9.37 Å². The van der Waals surface area contributed by atoms with Gasteiger partial charge in [-0.2, -0.15) is 4.31 Å². The number of nitrogens with two attached hydrogens (primary N) is 1. The largest absolute Gasteiger partial charge is 0.430 e. The second-order valence-electron chi connectivity index (χ2n) is 7.48. The van der Waals surface area contributed by atoms with Crippen LogP contribution in [-0.4, -0.2) is 55.9 Å². The number of nitrogens with one attached hydrogen (secondary N) is 2. The van der Waals surface area contributed by atoms with Crippen molar-refractivity contribution >= 4 is 50.0 Å². The van der Waals surface area contributed by atoms with Crippen LogP contribution in [0.3, 0.4) is 0 Å². The monoisotopic (exact) mass is 487 g/mol. The molecule has 1 fully saturated rings. The highest BCUT2D eigenvalue weighted by Crippen LogP contribution is 2.25. The van der Waals surface area contributed by atoms with Crippen LogP contribution >= 0.6 is 11.6 Å². The maximum atomic E-state index is 13.1. The number of sulfonamides is 1. The molecule has 4 rings (SSSR count). The quantitative estimate of drug-likeness (QED) is 0.374. The molecule has 0 unspecified atom stereocenters. The molecular formula is C22H22ClN5O4S. The zero-order valence-electron chi connectivity index (χ0n) is 17.5. The Labute approximate surface area is 196 Å². The van der Waals surface area contributed by atoms with Crippen molar-refractivity contribution in [3.8, 4) is 0 Å². The Morgan fingerprint density at radius 2 is 1.61 bits per heavy atom. The summed E-state index contributed by atoms with van der Waals surface area (Å²) in [5.41, 5.74) is 6.44.